The summed E-state index contributed by atoms with van der Waals surface area (Å²) in [6, 6.07) is 18.2. The van der Waals surface area contributed by atoms with E-state index in [1.165, 1.54) is 11.8 Å². The topological polar surface area (TPSA) is 82.5 Å². The summed E-state index contributed by atoms with van der Waals surface area (Å²) in [6.45, 7) is 3.98. The molecule has 174 valence electrons. The van der Waals surface area contributed by atoms with Crippen LogP contribution in [0.3, 0.4) is 0 Å². The van der Waals surface area contributed by atoms with Crippen LogP contribution >= 0.6 is 11.8 Å². The smallest absolute Gasteiger partial charge is 0.266 e. The van der Waals surface area contributed by atoms with Gasteiger partial charge < -0.3 is 14.8 Å². The molecule has 0 spiro atoms. The molecule has 3 aromatic carbocycles. The Kier molecular flexibility index (Phi) is 6.88. The van der Waals surface area contributed by atoms with E-state index >= 15 is 0 Å². The number of carbonyl (C=O) groups is 1. The van der Waals surface area contributed by atoms with Crippen LogP contribution in [0.15, 0.2) is 70.6 Å². The Bertz CT molecular complexity index is 1410. The number of rotatable bonds is 7. The second-order valence-corrected chi connectivity index (χ2v) is 8.65. The quantitative estimate of drug-likeness (QED) is 0.307. The van der Waals surface area contributed by atoms with Crippen LogP contribution in [0.2, 0.25) is 0 Å². The summed E-state index contributed by atoms with van der Waals surface area (Å²) in [5.41, 5.74) is 3.79. The van der Waals surface area contributed by atoms with Crippen molar-refractivity contribution in [2.75, 3.05) is 25.3 Å². The number of amides is 1. The molecule has 1 amide bonds. The first kappa shape index (κ1) is 23.4. The fourth-order valence-electron chi connectivity index (χ4n) is 3.61. The number of thioether (sulfide) groups is 1. The predicted octanol–water partition coefficient (Wildman–Crippen LogP) is 4.75. The van der Waals surface area contributed by atoms with E-state index in [1.807, 2.05) is 44.2 Å². The fraction of sp³-hybridized carbons (Fsp3) is 0.192. The van der Waals surface area contributed by atoms with Gasteiger partial charge in [0.15, 0.2) is 5.16 Å². The molecule has 34 heavy (non-hydrogen) atoms. The monoisotopic (exact) mass is 475 g/mol. The summed E-state index contributed by atoms with van der Waals surface area (Å²) in [4.78, 5) is 31.0. The third-order valence-corrected chi connectivity index (χ3v) is 6.47. The number of para-hydroxylation sites is 1. The van der Waals surface area contributed by atoms with Gasteiger partial charge in [-0.3, -0.25) is 14.2 Å². The molecule has 0 unspecified atom stereocenters. The Hall–Kier alpha value is -3.78. The minimum atomic E-state index is -0.241. The molecule has 0 radical (unpaired) electrons. The third kappa shape index (κ3) is 4.77. The zero-order valence-electron chi connectivity index (χ0n) is 19.4. The molecular formula is C26H25N3O4S. The molecule has 0 aliphatic heterocycles. The van der Waals surface area contributed by atoms with Crippen molar-refractivity contribution in [3.05, 3.63) is 82.1 Å². The molecule has 0 aliphatic carbocycles. The average molecular weight is 476 g/mol. The lowest BCUT2D eigenvalue weighted by atomic mass is 10.1. The molecule has 1 aromatic heterocycles. The van der Waals surface area contributed by atoms with E-state index in [9.17, 15) is 9.59 Å². The summed E-state index contributed by atoms with van der Waals surface area (Å²) in [5.74, 6) is 0.967. The number of carbonyl (C=O) groups excluding carboxylic acids is 1. The van der Waals surface area contributed by atoms with Gasteiger partial charge in [0.05, 0.1) is 36.6 Å². The van der Waals surface area contributed by atoms with Crippen molar-refractivity contribution >= 4 is 34.3 Å². The van der Waals surface area contributed by atoms with E-state index in [0.29, 0.717) is 33.2 Å². The van der Waals surface area contributed by atoms with Crippen LogP contribution in [0.25, 0.3) is 16.6 Å². The number of benzene rings is 3. The Morgan fingerprint density at radius 1 is 1.00 bits per heavy atom. The van der Waals surface area contributed by atoms with Crippen LogP contribution < -0.4 is 20.3 Å². The molecule has 4 rings (SSSR count). The third-order valence-electron chi connectivity index (χ3n) is 5.53. The summed E-state index contributed by atoms with van der Waals surface area (Å²) in [6.07, 6.45) is 0. The molecule has 0 fully saturated rings. The Morgan fingerprint density at radius 3 is 2.41 bits per heavy atom. The van der Waals surface area contributed by atoms with Crippen molar-refractivity contribution < 1.29 is 14.3 Å². The lowest BCUT2D eigenvalue weighted by molar-refractivity contribution is -0.113. The van der Waals surface area contributed by atoms with Gasteiger partial charge >= 0.3 is 0 Å². The first-order valence-corrected chi connectivity index (χ1v) is 11.6. The number of hydrogen-bond acceptors (Lipinski definition) is 6. The average Bonchev–Trinajstić information content (AvgIpc) is 2.84. The van der Waals surface area contributed by atoms with Gasteiger partial charge in [0, 0.05) is 23.9 Å². The zero-order valence-corrected chi connectivity index (χ0v) is 20.2. The van der Waals surface area contributed by atoms with Crippen LogP contribution in [-0.2, 0) is 4.79 Å². The van der Waals surface area contributed by atoms with Crippen molar-refractivity contribution in [1.82, 2.24) is 9.55 Å². The number of ether oxygens (including phenoxy) is 2. The number of hydrogen-bond donors (Lipinski definition) is 1. The summed E-state index contributed by atoms with van der Waals surface area (Å²) < 4.78 is 12.1. The van der Waals surface area contributed by atoms with Crippen LogP contribution in [0, 0.1) is 13.8 Å². The largest absolute Gasteiger partial charge is 0.497 e. The number of anilines is 1. The normalized spacial score (nSPS) is 10.8. The van der Waals surface area contributed by atoms with Gasteiger partial charge in [0.2, 0.25) is 5.91 Å². The summed E-state index contributed by atoms with van der Waals surface area (Å²) >= 11 is 1.21. The number of aromatic nitrogens is 2. The molecule has 0 atom stereocenters. The predicted molar refractivity (Wildman–Crippen MR) is 136 cm³/mol. The highest BCUT2D eigenvalue weighted by atomic mass is 32.2. The second kappa shape index (κ2) is 10.0. The lowest BCUT2D eigenvalue weighted by Gasteiger charge is -2.16. The minimum absolute atomic E-state index is 0.0647. The first-order valence-electron chi connectivity index (χ1n) is 10.7. The molecule has 0 aliphatic rings. The van der Waals surface area contributed by atoms with E-state index in [0.717, 1.165) is 16.8 Å². The molecule has 8 heteroatoms. The van der Waals surface area contributed by atoms with Crippen molar-refractivity contribution in [1.29, 1.82) is 0 Å². The van der Waals surface area contributed by atoms with Crippen LogP contribution in [0.5, 0.6) is 11.5 Å². The van der Waals surface area contributed by atoms with Gasteiger partial charge in [0.25, 0.3) is 5.56 Å². The van der Waals surface area contributed by atoms with Crippen molar-refractivity contribution in [2.24, 2.45) is 0 Å². The van der Waals surface area contributed by atoms with Crippen LogP contribution in [0.4, 0.5) is 5.69 Å². The standard InChI is InChI=1S/C26H25N3O4S/c1-16-8-7-11-23(17(16)2)29-25(31)21-9-5-6-10-22(21)28-26(29)34-15-24(30)27-18-12-19(32-3)14-20(13-18)33-4/h5-14H,15H2,1-4H3,(H,27,30). The molecule has 1 heterocycles. The summed E-state index contributed by atoms with van der Waals surface area (Å²) in [7, 11) is 3.10. The van der Waals surface area contributed by atoms with Gasteiger partial charge in [-0.2, -0.15) is 0 Å². The van der Waals surface area contributed by atoms with Gasteiger partial charge in [-0.25, -0.2) is 4.98 Å². The molecule has 7 nitrogen and oxygen atoms in total. The van der Waals surface area contributed by atoms with Crippen molar-refractivity contribution in [3.8, 4) is 17.2 Å². The highest BCUT2D eigenvalue weighted by molar-refractivity contribution is 7.99. The lowest BCUT2D eigenvalue weighted by Crippen LogP contribution is -2.23. The zero-order chi connectivity index (χ0) is 24.2. The van der Waals surface area contributed by atoms with Crippen molar-refractivity contribution in [3.63, 3.8) is 0 Å². The van der Waals surface area contributed by atoms with Gasteiger partial charge in [-0.05, 0) is 43.2 Å². The molecule has 0 bridgehead atoms. The number of methoxy groups -OCH3 is 2. The van der Waals surface area contributed by atoms with Gasteiger partial charge in [-0.1, -0.05) is 36.0 Å². The Labute approximate surface area is 201 Å². The SMILES string of the molecule is COc1cc(NC(=O)CSc2nc3ccccc3c(=O)n2-c2cccc(C)c2C)cc(OC)c1. The number of fused-ring (bicyclic) bond motifs is 1. The molecule has 1 N–H and O–H groups in total. The highest BCUT2D eigenvalue weighted by Crippen LogP contribution is 2.27. The van der Waals surface area contributed by atoms with E-state index in [2.05, 4.69) is 5.32 Å². The first-order chi connectivity index (χ1) is 16.4. The van der Waals surface area contributed by atoms with Crippen molar-refractivity contribution in [2.45, 2.75) is 19.0 Å². The Balaban J connectivity index is 1.67. The van der Waals surface area contributed by atoms with E-state index in [-0.39, 0.29) is 17.2 Å². The Morgan fingerprint density at radius 2 is 1.71 bits per heavy atom. The molecule has 0 saturated heterocycles. The molecule has 0 saturated carbocycles. The second-order valence-electron chi connectivity index (χ2n) is 7.71. The van der Waals surface area contributed by atoms with E-state index in [4.69, 9.17) is 14.5 Å². The van der Waals surface area contributed by atoms with E-state index in [1.54, 1.807) is 49.1 Å². The van der Waals surface area contributed by atoms with Gasteiger partial charge in [-0.15, -0.1) is 0 Å². The number of nitrogens with zero attached hydrogens (tertiary/aromatic N) is 2. The number of aryl methyl sites for hydroxylation is 1. The van der Waals surface area contributed by atoms with Crippen LogP contribution in [0.1, 0.15) is 11.1 Å². The summed E-state index contributed by atoms with van der Waals surface area (Å²) in [5, 5.41) is 3.84. The minimum Gasteiger partial charge on any atom is -0.497 e. The molecular weight excluding hydrogens is 450 g/mol. The van der Waals surface area contributed by atoms with Gasteiger partial charge in [0.1, 0.15) is 11.5 Å². The maximum Gasteiger partial charge on any atom is 0.266 e. The fourth-order valence-corrected chi connectivity index (χ4v) is 4.41. The van der Waals surface area contributed by atoms with E-state index < -0.39 is 0 Å². The highest BCUT2D eigenvalue weighted by Gasteiger charge is 2.17. The molecule has 4 aromatic rings. The number of nitrogens with one attached hydrogen (secondary N) is 1. The van der Waals surface area contributed by atoms with Crippen LogP contribution in [-0.4, -0.2) is 35.4 Å². The maximum atomic E-state index is 13.5. The maximum absolute atomic E-state index is 13.5.